The van der Waals surface area contributed by atoms with E-state index in [0.29, 0.717) is 0 Å². The Kier molecular flexibility index (Phi) is 5.34. The fourth-order valence-electron chi connectivity index (χ4n) is 0.865. The van der Waals surface area contributed by atoms with Crippen LogP contribution in [-0.4, -0.2) is 29.9 Å². The minimum absolute atomic E-state index is 0.0980. The summed E-state index contributed by atoms with van der Waals surface area (Å²) in [5, 5.41) is 13.7. The molecule has 0 saturated carbocycles. The first-order chi connectivity index (χ1) is 7.47. The van der Waals surface area contributed by atoms with Gasteiger partial charge >= 0.3 is 5.97 Å². The number of allylic oxidation sites excluding steroid dienone is 1. The normalized spacial score (nSPS) is 10.2. The Balaban J connectivity index is 5.22. The molecule has 0 spiro atoms. The van der Waals surface area contributed by atoms with Crippen LogP contribution in [0.3, 0.4) is 0 Å². The molecular weight excluding hydrogens is 208 g/mol. The van der Waals surface area contributed by atoms with Crippen LogP contribution in [0.25, 0.3) is 0 Å². The summed E-state index contributed by atoms with van der Waals surface area (Å²) in [4.78, 5) is 11.0. The van der Waals surface area contributed by atoms with Crippen molar-refractivity contribution in [3.63, 3.8) is 0 Å². The number of carboxylic acid groups (broad SMARTS) is 1. The molecule has 0 aromatic rings. The summed E-state index contributed by atoms with van der Waals surface area (Å²) < 4.78 is 4.76. The molecule has 0 aliphatic carbocycles. The molecular formula is C11H14N2O3. The van der Waals surface area contributed by atoms with E-state index >= 15 is 0 Å². The van der Waals surface area contributed by atoms with Gasteiger partial charge in [-0.1, -0.05) is 19.7 Å². The number of ether oxygens (including phenoxy) is 1. The number of methoxy groups -OCH3 is 1. The Morgan fingerprint density at radius 3 is 2.38 bits per heavy atom. The third-order valence-corrected chi connectivity index (χ3v) is 1.71. The summed E-state index contributed by atoms with van der Waals surface area (Å²) >= 11 is 0. The van der Waals surface area contributed by atoms with Gasteiger partial charge in [0, 0.05) is 12.9 Å². The van der Waals surface area contributed by atoms with Crippen LogP contribution in [0.5, 0.6) is 0 Å². The van der Waals surface area contributed by atoms with Crippen LogP contribution in [0.4, 0.5) is 0 Å². The standard InChI is InChI=1S/C11H14N2O3/c1-6-13(12-4)9(3)10(11(14)15)7-8(2)16-5/h6-7H,1-4H2,5H3,(H,14,15)/b10-7+. The van der Waals surface area contributed by atoms with E-state index in [-0.39, 0.29) is 17.0 Å². The zero-order chi connectivity index (χ0) is 12.7. The van der Waals surface area contributed by atoms with E-state index in [1.807, 2.05) is 0 Å². The Morgan fingerprint density at radius 2 is 2.06 bits per heavy atom. The minimum atomic E-state index is -1.17. The predicted octanol–water partition coefficient (Wildman–Crippen LogP) is 1.73. The van der Waals surface area contributed by atoms with E-state index in [0.717, 1.165) is 5.01 Å². The molecule has 0 aromatic carbocycles. The summed E-state index contributed by atoms with van der Waals surface area (Å²) in [5.41, 5.74) is 0.0230. The van der Waals surface area contributed by atoms with Crippen molar-refractivity contribution < 1.29 is 14.6 Å². The first-order valence-electron chi connectivity index (χ1n) is 4.23. The lowest BCUT2D eigenvalue weighted by atomic mass is 10.2. The predicted molar refractivity (Wildman–Crippen MR) is 62.6 cm³/mol. The highest BCUT2D eigenvalue weighted by molar-refractivity contribution is 5.91. The van der Waals surface area contributed by atoms with Gasteiger partial charge < -0.3 is 9.84 Å². The third-order valence-electron chi connectivity index (χ3n) is 1.71. The Bertz CT molecular complexity index is 361. The van der Waals surface area contributed by atoms with Crippen molar-refractivity contribution in [2.24, 2.45) is 5.10 Å². The molecule has 0 aromatic heterocycles. The van der Waals surface area contributed by atoms with E-state index in [1.165, 1.54) is 19.4 Å². The summed E-state index contributed by atoms with van der Waals surface area (Å²) in [7, 11) is 1.39. The molecule has 0 heterocycles. The molecule has 5 heteroatoms. The van der Waals surface area contributed by atoms with Crippen LogP contribution in [0, 0.1) is 0 Å². The van der Waals surface area contributed by atoms with E-state index in [2.05, 4.69) is 31.6 Å². The summed E-state index contributed by atoms with van der Waals surface area (Å²) in [5.74, 6) is -0.967. The molecule has 0 aliphatic heterocycles. The van der Waals surface area contributed by atoms with E-state index in [4.69, 9.17) is 9.84 Å². The second-order valence-electron chi connectivity index (χ2n) is 2.65. The van der Waals surface area contributed by atoms with Crippen molar-refractivity contribution in [1.82, 2.24) is 5.01 Å². The van der Waals surface area contributed by atoms with Crippen molar-refractivity contribution in [2.75, 3.05) is 7.11 Å². The molecule has 1 N–H and O–H groups in total. The van der Waals surface area contributed by atoms with Gasteiger partial charge in [-0.05, 0) is 6.08 Å². The molecule has 0 amide bonds. The second kappa shape index (κ2) is 6.23. The second-order valence-corrected chi connectivity index (χ2v) is 2.65. The van der Waals surface area contributed by atoms with Crippen LogP contribution in [0.2, 0.25) is 0 Å². The van der Waals surface area contributed by atoms with Gasteiger partial charge in [0.2, 0.25) is 0 Å². The van der Waals surface area contributed by atoms with Crippen LogP contribution in [0.1, 0.15) is 0 Å². The number of hydrogen-bond acceptors (Lipinski definition) is 4. The molecule has 5 nitrogen and oxygen atoms in total. The lowest BCUT2D eigenvalue weighted by Gasteiger charge is -2.16. The fraction of sp³-hybridized carbons (Fsp3) is 0.0909. The zero-order valence-corrected chi connectivity index (χ0v) is 9.14. The van der Waals surface area contributed by atoms with Gasteiger partial charge in [-0.15, -0.1) is 0 Å². The first-order valence-corrected chi connectivity index (χ1v) is 4.23. The van der Waals surface area contributed by atoms with Crippen molar-refractivity contribution >= 4 is 12.7 Å². The largest absolute Gasteiger partial charge is 0.497 e. The molecule has 0 unspecified atom stereocenters. The average Bonchev–Trinajstić information content (AvgIpc) is 2.26. The summed E-state index contributed by atoms with van der Waals surface area (Å²) in [6, 6.07) is 0. The van der Waals surface area contributed by atoms with E-state index < -0.39 is 5.97 Å². The highest BCUT2D eigenvalue weighted by atomic mass is 16.5. The highest BCUT2D eigenvalue weighted by Crippen LogP contribution is 2.16. The fourth-order valence-corrected chi connectivity index (χ4v) is 0.865. The quantitative estimate of drug-likeness (QED) is 0.234. The van der Waals surface area contributed by atoms with Crippen molar-refractivity contribution in [3.05, 3.63) is 49.0 Å². The summed E-state index contributed by atoms with van der Waals surface area (Å²) in [6.07, 6.45) is 2.54. The van der Waals surface area contributed by atoms with Gasteiger partial charge in [0.05, 0.1) is 18.4 Å². The van der Waals surface area contributed by atoms with Crippen molar-refractivity contribution in [1.29, 1.82) is 0 Å². The van der Waals surface area contributed by atoms with Crippen molar-refractivity contribution in [2.45, 2.75) is 0 Å². The SMILES string of the molecule is C=CN(N=C)C(=C)/C(=C\C(=C)OC)C(=O)O. The third kappa shape index (κ3) is 3.45. The van der Waals surface area contributed by atoms with Gasteiger partial charge in [0.15, 0.2) is 0 Å². The summed E-state index contributed by atoms with van der Waals surface area (Å²) in [6.45, 7) is 13.8. The number of aliphatic carboxylic acids is 1. The number of hydrogen-bond donors (Lipinski definition) is 1. The number of hydrazone groups is 1. The molecule has 0 bridgehead atoms. The van der Waals surface area contributed by atoms with E-state index in [9.17, 15) is 4.79 Å². The lowest BCUT2D eigenvalue weighted by molar-refractivity contribution is -0.132. The van der Waals surface area contributed by atoms with Crippen LogP contribution < -0.4 is 0 Å². The average molecular weight is 222 g/mol. The van der Waals surface area contributed by atoms with Crippen LogP contribution >= 0.6 is 0 Å². The maximum atomic E-state index is 11.0. The smallest absolute Gasteiger partial charge is 0.338 e. The molecule has 86 valence electrons. The maximum Gasteiger partial charge on any atom is 0.338 e. The number of nitrogens with zero attached hydrogens (tertiary/aromatic N) is 2. The molecule has 16 heavy (non-hydrogen) atoms. The van der Waals surface area contributed by atoms with Gasteiger partial charge in [-0.25, -0.2) is 9.80 Å². The molecule has 0 atom stereocenters. The number of carbonyl (C=O) groups is 1. The topological polar surface area (TPSA) is 62.1 Å². The molecule has 0 radical (unpaired) electrons. The minimum Gasteiger partial charge on any atom is -0.497 e. The lowest BCUT2D eigenvalue weighted by Crippen LogP contribution is -2.15. The van der Waals surface area contributed by atoms with Gasteiger partial charge in [0.1, 0.15) is 5.76 Å². The molecule has 0 rings (SSSR count). The highest BCUT2D eigenvalue weighted by Gasteiger charge is 2.15. The number of carboxylic acids is 1. The Morgan fingerprint density at radius 1 is 1.50 bits per heavy atom. The van der Waals surface area contributed by atoms with Crippen molar-refractivity contribution in [3.8, 4) is 0 Å². The Labute approximate surface area is 94.3 Å². The van der Waals surface area contributed by atoms with Gasteiger partial charge in [-0.2, -0.15) is 5.10 Å². The van der Waals surface area contributed by atoms with E-state index in [1.54, 1.807) is 0 Å². The van der Waals surface area contributed by atoms with Crippen LogP contribution in [0.15, 0.2) is 54.1 Å². The first kappa shape index (κ1) is 13.7. The maximum absolute atomic E-state index is 11.0. The molecule has 0 fully saturated rings. The number of rotatable bonds is 7. The monoisotopic (exact) mass is 222 g/mol. The van der Waals surface area contributed by atoms with Crippen LogP contribution in [-0.2, 0) is 9.53 Å². The molecule has 0 aliphatic rings. The zero-order valence-electron chi connectivity index (χ0n) is 9.14. The van der Waals surface area contributed by atoms with Gasteiger partial charge in [0.25, 0.3) is 0 Å². The molecule has 0 saturated heterocycles. The Hall–Kier alpha value is -2.30. The van der Waals surface area contributed by atoms with Gasteiger partial charge in [-0.3, -0.25) is 0 Å².